The van der Waals surface area contributed by atoms with Crippen LogP contribution in [0.2, 0.25) is 0 Å². The van der Waals surface area contributed by atoms with E-state index in [1.54, 1.807) is 24.7 Å². The molecule has 1 heterocycles. The van der Waals surface area contributed by atoms with Crippen molar-refractivity contribution >= 4 is 34.0 Å². The van der Waals surface area contributed by atoms with Crippen LogP contribution in [0.25, 0.3) is 0 Å². The highest BCUT2D eigenvalue weighted by Crippen LogP contribution is 2.26. The average molecular weight is 434 g/mol. The van der Waals surface area contributed by atoms with Crippen LogP contribution < -0.4 is 5.32 Å². The molecule has 0 spiro atoms. The number of nitrogens with one attached hydrogen (secondary N) is 1. The SMILES string of the molecule is O=[N+]([O-])c1cc(I)ccc1NCc1ccc(Cn2ccnc2)cc1. The van der Waals surface area contributed by atoms with Gasteiger partial charge >= 0.3 is 0 Å². The molecule has 3 rings (SSSR count). The Morgan fingerprint density at radius 3 is 2.58 bits per heavy atom. The Hall–Kier alpha value is -2.42. The van der Waals surface area contributed by atoms with Gasteiger partial charge in [0, 0.05) is 35.1 Å². The second-order valence-electron chi connectivity index (χ2n) is 5.32. The first-order chi connectivity index (χ1) is 11.6. The number of hydrogen-bond acceptors (Lipinski definition) is 4. The highest BCUT2D eigenvalue weighted by atomic mass is 127. The van der Waals surface area contributed by atoms with E-state index >= 15 is 0 Å². The van der Waals surface area contributed by atoms with Gasteiger partial charge in [-0.1, -0.05) is 24.3 Å². The minimum Gasteiger partial charge on any atom is -0.375 e. The molecule has 0 amide bonds. The fourth-order valence-corrected chi connectivity index (χ4v) is 2.83. The molecule has 0 bridgehead atoms. The van der Waals surface area contributed by atoms with Crippen LogP contribution >= 0.6 is 22.6 Å². The zero-order chi connectivity index (χ0) is 16.9. The third-order valence-corrected chi connectivity index (χ3v) is 4.26. The van der Waals surface area contributed by atoms with Gasteiger partial charge < -0.3 is 9.88 Å². The van der Waals surface area contributed by atoms with E-state index in [1.807, 2.05) is 29.0 Å². The average Bonchev–Trinajstić information content (AvgIpc) is 3.08. The van der Waals surface area contributed by atoms with Gasteiger partial charge in [0.1, 0.15) is 5.69 Å². The largest absolute Gasteiger partial charge is 0.375 e. The maximum Gasteiger partial charge on any atom is 0.293 e. The molecule has 24 heavy (non-hydrogen) atoms. The van der Waals surface area contributed by atoms with E-state index in [0.717, 1.165) is 15.7 Å². The summed E-state index contributed by atoms with van der Waals surface area (Å²) in [7, 11) is 0. The van der Waals surface area contributed by atoms with Crippen molar-refractivity contribution in [2.75, 3.05) is 5.32 Å². The molecule has 1 aromatic heterocycles. The van der Waals surface area contributed by atoms with E-state index < -0.39 is 0 Å². The predicted molar refractivity (Wildman–Crippen MR) is 101 cm³/mol. The number of hydrogen-bond donors (Lipinski definition) is 1. The Labute approximate surface area is 152 Å². The lowest BCUT2D eigenvalue weighted by molar-refractivity contribution is -0.384. The van der Waals surface area contributed by atoms with Crippen molar-refractivity contribution in [3.8, 4) is 0 Å². The molecule has 0 saturated heterocycles. The van der Waals surface area contributed by atoms with Gasteiger partial charge in [-0.25, -0.2) is 4.98 Å². The van der Waals surface area contributed by atoms with Crippen LogP contribution in [-0.4, -0.2) is 14.5 Å². The van der Waals surface area contributed by atoms with Crippen LogP contribution in [0.5, 0.6) is 0 Å². The maximum absolute atomic E-state index is 11.1. The third-order valence-electron chi connectivity index (χ3n) is 3.59. The number of nitro benzene ring substituents is 1. The van der Waals surface area contributed by atoms with Gasteiger partial charge in [-0.2, -0.15) is 0 Å². The summed E-state index contributed by atoms with van der Waals surface area (Å²) in [5.41, 5.74) is 2.87. The van der Waals surface area contributed by atoms with Crippen molar-refractivity contribution in [2.45, 2.75) is 13.1 Å². The first kappa shape index (κ1) is 16.4. The van der Waals surface area contributed by atoms with Gasteiger partial charge in [0.2, 0.25) is 0 Å². The maximum atomic E-state index is 11.1. The Balaban J connectivity index is 1.66. The number of nitro groups is 1. The Bertz CT molecular complexity index is 832. The van der Waals surface area contributed by atoms with Crippen LogP contribution in [0.4, 0.5) is 11.4 Å². The molecule has 0 radical (unpaired) electrons. The molecule has 0 atom stereocenters. The molecular weight excluding hydrogens is 419 g/mol. The van der Waals surface area contributed by atoms with E-state index in [2.05, 4.69) is 45.0 Å². The van der Waals surface area contributed by atoms with Gasteiger partial charge in [-0.05, 0) is 45.9 Å². The second-order valence-corrected chi connectivity index (χ2v) is 6.57. The van der Waals surface area contributed by atoms with E-state index in [-0.39, 0.29) is 10.6 Å². The minimum absolute atomic E-state index is 0.0960. The van der Waals surface area contributed by atoms with Crippen LogP contribution in [0, 0.1) is 13.7 Å². The van der Waals surface area contributed by atoms with Gasteiger partial charge in [-0.15, -0.1) is 0 Å². The van der Waals surface area contributed by atoms with Crippen molar-refractivity contribution in [3.63, 3.8) is 0 Å². The van der Waals surface area contributed by atoms with Crippen LogP contribution in [-0.2, 0) is 13.1 Å². The van der Waals surface area contributed by atoms with Crippen molar-refractivity contribution in [2.24, 2.45) is 0 Å². The summed E-state index contributed by atoms with van der Waals surface area (Å²) in [5.74, 6) is 0. The standard InChI is InChI=1S/C17H15IN4O2/c18-15-5-6-16(17(9-15)22(23)24)20-10-13-1-3-14(4-2-13)11-21-8-7-19-12-21/h1-9,12,20H,10-11H2. The number of halogens is 1. The Morgan fingerprint density at radius 1 is 1.17 bits per heavy atom. The fraction of sp³-hybridized carbons (Fsp3) is 0.118. The molecule has 0 saturated carbocycles. The molecule has 2 aromatic carbocycles. The van der Waals surface area contributed by atoms with Gasteiger partial charge in [0.15, 0.2) is 0 Å². The summed E-state index contributed by atoms with van der Waals surface area (Å²) >= 11 is 2.07. The van der Waals surface area contributed by atoms with E-state index in [0.29, 0.717) is 12.2 Å². The summed E-state index contributed by atoms with van der Waals surface area (Å²) in [6.45, 7) is 1.31. The number of nitrogens with zero attached hydrogens (tertiary/aromatic N) is 3. The van der Waals surface area contributed by atoms with Crippen LogP contribution in [0.3, 0.4) is 0 Å². The zero-order valence-corrected chi connectivity index (χ0v) is 14.9. The van der Waals surface area contributed by atoms with Gasteiger partial charge in [-0.3, -0.25) is 10.1 Å². The molecule has 0 aliphatic carbocycles. The minimum atomic E-state index is -0.362. The van der Waals surface area contributed by atoms with Crippen LogP contribution in [0.1, 0.15) is 11.1 Å². The van der Waals surface area contributed by atoms with Gasteiger partial charge in [0.05, 0.1) is 11.3 Å². The van der Waals surface area contributed by atoms with Crippen LogP contribution in [0.15, 0.2) is 61.2 Å². The first-order valence-electron chi connectivity index (χ1n) is 7.33. The number of benzene rings is 2. The van der Waals surface area contributed by atoms with Crippen molar-refractivity contribution < 1.29 is 4.92 Å². The summed E-state index contributed by atoms with van der Waals surface area (Å²) in [4.78, 5) is 14.8. The number of aromatic nitrogens is 2. The van der Waals surface area contributed by atoms with Gasteiger partial charge in [0.25, 0.3) is 5.69 Å². The van der Waals surface area contributed by atoms with E-state index in [1.165, 1.54) is 5.56 Å². The fourth-order valence-electron chi connectivity index (χ4n) is 2.36. The molecule has 7 heteroatoms. The summed E-state index contributed by atoms with van der Waals surface area (Å²) in [5, 5.41) is 14.3. The van der Waals surface area contributed by atoms with E-state index in [9.17, 15) is 10.1 Å². The van der Waals surface area contributed by atoms with Crippen molar-refractivity contribution in [3.05, 3.63) is 86.0 Å². The predicted octanol–water partition coefficient (Wildman–Crippen LogP) is 4.06. The number of anilines is 1. The highest BCUT2D eigenvalue weighted by Gasteiger charge is 2.13. The zero-order valence-electron chi connectivity index (χ0n) is 12.7. The topological polar surface area (TPSA) is 73.0 Å². The lowest BCUT2D eigenvalue weighted by Gasteiger charge is -2.09. The molecular formula is C17H15IN4O2. The molecule has 0 fully saturated rings. The monoisotopic (exact) mass is 434 g/mol. The molecule has 3 aromatic rings. The molecule has 122 valence electrons. The molecule has 1 N–H and O–H groups in total. The van der Waals surface area contributed by atoms with Crippen molar-refractivity contribution in [1.29, 1.82) is 0 Å². The lowest BCUT2D eigenvalue weighted by Crippen LogP contribution is -2.03. The normalized spacial score (nSPS) is 10.5. The third kappa shape index (κ3) is 4.10. The lowest BCUT2D eigenvalue weighted by atomic mass is 10.1. The van der Waals surface area contributed by atoms with E-state index in [4.69, 9.17) is 0 Å². The molecule has 6 nitrogen and oxygen atoms in total. The Kier molecular flexibility index (Phi) is 5.09. The highest BCUT2D eigenvalue weighted by molar-refractivity contribution is 14.1. The quantitative estimate of drug-likeness (QED) is 0.361. The summed E-state index contributed by atoms with van der Waals surface area (Å²) < 4.78 is 2.84. The molecule has 0 aliphatic rings. The molecule has 0 unspecified atom stereocenters. The first-order valence-corrected chi connectivity index (χ1v) is 8.41. The number of rotatable bonds is 6. The van der Waals surface area contributed by atoms with Crippen molar-refractivity contribution in [1.82, 2.24) is 9.55 Å². The summed E-state index contributed by atoms with van der Waals surface area (Å²) in [6.07, 6.45) is 5.46. The Morgan fingerprint density at radius 2 is 1.92 bits per heavy atom. The summed E-state index contributed by atoms with van der Waals surface area (Å²) in [6, 6.07) is 13.3. The smallest absolute Gasteiger partial charge is 0.293 e. The second kappa shape index (κ2) is 7.43. The number of imidazole rings is 1. The molecule has 0 aliphatic heterocycles.